The van der Waals surface area contributed by atoms with E-state index in [0.717, 1.165) is 11.3 Å². The maximum Gasteiger partial charge on any atom is 0.410 e. The van der Waals surface area contributed by atoms with Crippen LogP contribution in [0.4, 0.5) is 10.5 Å². The number of nitrogens with zero attached hydrogens (tertiary/aromatic N) is 2. The summed E-state index contributed by atoms with van der Waals surface area (Å²) in [7, 11) is 0. The van der Waals surface area contributed by atoms with Crippen LogP contribution in [0, 0.1) is 0 Å². The van der Waals surface area contributed by atoms with Crippen molar-refractivity contribution in [3.05, 3.63) is 35.4 Å². The highest BCUT2D eigenvalue weighted by Gasteiger charge is 2.26. The number of benzene rings is 1. The summed E-state index contributed by atoms with van der Waals surface area (Å²) in [5.74, 6) is -0.938. The molecule has 2 rings (SSSR count). The van der Waals surface area contributed by atoms with Crippen molar-refractivity contribution in [1.82, 2.24) is 4.90 Å². The molecule has 0 bridgehead atoms. The molecule has 1 fully saturated rings. The summed E-state index contributed by atoms with van der Waals surface area (Å²) in [5.41, 5.74) is 1.62. The number of aromatic carboxylic acids is 1. The Morgan fingerprint density at radius 3 is 2.32 bits per heavy atom. The molecule has 0 radical (unpaired) electrons. The van der Waals surface area contributed by atoms with E-state index in [4.69, 9.17) is 4.74 Å². The molecule has 1 aliphatic heterocycles. The lowest BCUT2D eigenvalue weighted by atomic mass is 10.1. The van der Waals surface area contributed by atoms with Crippen molar-refractivity contribution in [2.24, 2.45) is 0 Å². The first-order chi connectivity index (χ1) is 11.7. The van der Waals surface area contributed by atoms with Crippen LogP contribution in [-0.4, -0.2) is 53.8 Å². The quantitative estimate of drug-likeness (QED) is 0.907. The molecule has 25 heavy (non-hydrogen) atoms. The minimum absolute atomic E-state index is 0.268. The number of hydrogen-bond acceptors (Lipinski definition) is 4. The van der Waals surface area contributed by atoms with Crippen LogP contribution >= 0.6 is 0 Å². The number of carboxylic acid groups (broad SMARTS) is 1. The number of allylic oxidation sites excluding steroid dienone is 1. The molecular formula is C19H26N2O4. The fraction of sp³-hybridized carbons (Fsp3) is 0.474. The van der Waals surface area contributed by atoms with Gasteiger partial charge in [0, 0.05) is 31.9 Å². The third-order valence-corrected chi connectivity index (χ3v) is 3.89. The molecule has 0 aromatic heterocycles. The number of anilines is 1. The Labute approximate surface area is 148 Å². The van der Waals surface area contributed by atoms with Gasteiger partial charge in [-0.25, -0.2) is 9.59 Å². The molecule has 1 aromatic carbocycles. The number of carbonyl (C=O) groups is 2. The summed E-state index contributed by atoms with van der Waals surface area (Å²) in [4.78, 5) is 27.2. The molecule has 1 aromatic rings. The van der Waals surface area contributed by atoms with E-state index in [2.05, 4.69) is 4.90 Å². The molecule has 0 spiro atoms. The fourth-order valence-electron chi connectivity index (χ4n) is 2.74. The Bertz CT molecular complexity index is 668. The van der Waals surface area contributed by atoms with Crippen LogP contribution in [0.1, 0.15) is 43.6 Å². The summed E-state index contributed by atoms with van der Waals surface area (Å²) in [6, 6.07) is 5.13. The smallest absolute Gasteiger partial charge is 0.410 e. The van der Waals surface area contributed by atoms with Gasteiger partial charge < -0.3 is 19.6 Å². The highest BCUT2D eigenvalue weighted by Crippen LogP contribution is 2.25. The van der Waals surface area contributed by atoms with E-state index in [1.54, 1.807) is 17.0 Å². The van der Waals surface area contributed by atoms with Gasteiger partial charge in [0.2, 0.25) is 0 Å². The van der Waals surface area contributed by atoms with E-state index < -0.39 is 11.6 Å². The van der Waals surface area contributed by atoms with Crippen molar-refractivity contribution < 1.29 is 19.4 Å². The summed E-state index contributed by atoms with van der Waals surface area (Å²) in [6.07, 6.45) is 3.51. The van der Waals surface area contributed by atoms with Crippen molar-refractivity contribution in [3.63, 3.8) is 0 Å². The summed E-state index contributed by atoms with van der Waals surface area (Å²) in [6.45, 7) is 9.97. The Morgan fingerprint density at radius 2 is 1.80 bits per heavy atom. The van der Waals surface area contributed by atoms with E-state index in [9.17, 15) is 14.7 Å². The zero-order chi connectivity index (χ0) is 18.6. The predicted molar refractivity (Wildman–Crippen MR) is 98.1 cm³/mol. The van der Waals surface area contributed by atoms with E-state index in [1.807, 2.05) is 45.9 Å². The van der Waals surface area contributed by atoms with Crippen molar-refractivity contribution in [1.29, 1.82) is 0 Å². The second-order valence-electron chi connectivity index (χ2n) is 7.03. The second-order valence-corrected chi connectivity index (χ2v) is 7.03. The molecule has 1 heterocycles. The molecule has 6 heteroatoms. The van der Waals surface area contributed by atoms with Crippen LogP contribution in [0.2, 0.25) is 0 Å². The lowest BCUT2D eigenvalue weighted by Gasteiger charge is -2.37. The number of piperazine rings is 1. The minimum atomic E-state index is -0.938. The Kier molecular flexibility index (Phi) is 5.72. The largest absolute Gasteiger partial charge is 0.478 e. The molecule has 1 saturated heterocycles. The molecule has 1 aliphatic rings. The van der Waals surface area contributed by atoms with E-state index in [1.165, 1.54) is 0 Å². The molecule has 0 aliphatic carbocycles. The standard InChI is InChI=1S/C19H26N2O4/c1-5-6-14-13-15(17(22)23)7-8-16(14)20-9-11-21(12-10-20)18(24)25-19(2,3)4/h5-8,13H,9-12H2,1-4H3,(H,22,23). The molecule has 0 atom stereocenters. The van der Waals surface area contributed by atoms with Gasteiger partial charge in [0.1, 0.15) is 5.60 Å². The maximum absolute atomic E-state index is 12.2. The van der Waals surface area contributed by atoms with Gasteiger partial charge in [-0.3, -0.25) is 0 Å². The van der Waals surface area contributed by atoms with Crippen LogP contribution in [0.15, 0.2) is 24.3 Å². The number of hydrogen-bond donors (Lipinski definition) is 1. The third kappa shape index (κ3) is 4.98. The Hall–Kier alpha value is -2.50. The highest BCUT2D eigenvalue weighted by molar-refractivity contribution is 5.90. The van der Waals surface area contributed by atoms with Crippen LogP contribution < -0.4 is 4.90 Å². The molecule has 1 N–H and O–H groups in total. The van der Waals surface area contributed by atoms with Gasteiger partial charge >= 0.3 is 12.1 Å². The molecular weight excluding hydrogens is 320 g/mol. The summed E-state index contributed by atoms with van der Waals surface area (Å²) >= 11 is 0. The minimum Gasteiger partial charge on any atom is -0.478 e. The Morgan fingerprint density at radius 1 is 1.16 bits per heavy atom. The highest BCUT2D eigenvalue weighted by atomic mass is 16.6. The lowest BCUT2D eigenvalue weighted by molar-refractivity contribution is 0.0240. The maximum atomic E-state index is 12.2. The SMILES string of the molecule is CC=Cc1cc(C(=O)O)ccc1N1CCN(C(=O)OC(C)(C)C)CC1. The van der Waals surface area contributed by atoms with Gasteiger partial charge in [-0.2, -0.15) is 0 Å². The molecule has 1 amide bonds. The topological polar surface area (TPSA) is 70.1 Å². The first-order valence-electron chi connectivity index (χ1n) is 8.44. The average molecular weight is 346 g/mol. The van der Waals surface area contributed by atoms with Crippen molar-refractivity contribution in [2.75, 3.05) is 31.1 Å². The van der Waals surface area contributed by atoms with Gasteiger partial charge in [0.15, 0.2) is 0 Å². The molecule has 0 saturated carbocycles. The van der Waals surface area contributed by atoms with Crippen LogP contribution in [0.3, 0.4) is 0 Å². The first kappa shape index (κ1) is 18.8. The lowest BCUT2D eigenvalue weighted by Crippen LogP contribution is -2.50. The van der Waals surface area contributed by atoms with Gasteiger partial charge in [0.05, 0.1) is 5.56 Å². The van der Waals surface area contributed by atoms with Crippen molar-refractivity contribution in [3.8, 4) is 0 Å². The molecule has 6 nitrogen and oxygen atoms in total. The van der Waals surface area contributed by atoms with E-state index in [-0.39, 0.29) is 11.7 Å². The average Bonchev–Trinajstić information content (AvgIpc) is 2.53. The van der Waals surface area contributed by atoms with Crippen LogP contribution in [0.5, 0.6) is 0 Å². The number of carbonyl (C=O) groups excluding carboxylic acids is 1. The van der Waals surface area contributed by atoms with Gasteiger partial charge in [-0.15, -0.1) is 0 Å². The summed E-state index contributed by atoms with van der Waals surface area (Å²) < 4.78 is 5.41. The molecule has 0 unspecified atom stereocenters. The number of carboxylic acids is 1. The normalized spacial score (nSPS) is 15.5. The summed E-state index contributed by atoms with van der Waals surface area (Å²) in [5, 5.41) is 9.17. The van der Waals surface area contributed by atoms with Crippen molar-refractivity contribution >= 4 is 23.8 Å². The monoisotopic (exact) mass is 346 g/mol. The van der Waals surface area contributed by atoms with Gasteiger partial charge in [0.25, 0.3) is 0 Å². The zero-order valence-corrected chi connectivity index (χ0v) is 15.3. The van der Waals surface area contributed by atoms with Gasteiger partial charge in [-0.1, -0.05) is 12.2 Å². The van der Waals surface area contributed by atoms with Crippen LogP contribution in [-0.2, 0) is 4.74 Å². The number of ether oxygens (including phenoxy) is 1. The van der Waals surface area contributed by atoms with E-state index >= 15 is 0 Å². The fourth-order valence-corrected chi connectivity index (χ4v) is 2.74. The second kappa shape index (κ2) is 7.59. The Balaban J connectivity index is 2.10. The van der Waals surface area contributed by atoms with Crippen LogP contribution in [0.25, 0.3) is 6.08 Å². The number of amides is 1. The number of rotatable bonds is 3. The molecule has 136 valence electrons. The van der Waals surface area contributed by atoms with E-state index in [0.29, 0.717) is 26.2 Å². The first-order valence-corrected chi connectivity index (χ1v) is 8.44. The zero-order valence-electron chi connectivity index (χ0n) is 15.3. The predicted octanol–water partition coefficient (Wildman–Crippen LogP) is 3.48. The third-order valence-electron chi connectivity index (χ3n) is 3.89. The van der Waals surface area contributed by atoms with Gasteiger partial charge in [-0.05, 0) is 51.5 Å². The van der Waals surface area contributed by atoms with Crippen molar-refractivity contribution in [2.45, 2.75) is 33.3 Å².